The van der Waals surface area contributed by atoms with Crippen molar-refractivity contribution in [3.05, 3.63) is 65.1 Å². The van der Waals surface area contributed by atoms with Crippen LogP contribution in [0.4, 0.5) is 20.2 Å². The first kappa shape index (κ1) is 15.6. The lowest BCUT2D eigenvalue weighted by Crippen LogP contribution is -2.26. The fourth-order valence-electron chi connectivity index (χ4n) is 3.22. The van der Waals surface area contributed by atoms with Crippen molar-refractivity contribution in [3.8, 4) is 11.5 Å². The minimum absolute atomic E-state index is 0.0540. The second-order valence-electron chi connectivity index (χ2n) is 6.01. The van der Waals surface area contributed by atoms with Gasteiger partial charge in [-0.05, 0) is 24.3 Å². The number of nitrogens with one attached hydrogen (secondary N) is 2. The summed E-state index contributed by atoms with van der Waals surface area (Å²) in [4.78, 5) is 19.2. The maximum atomic E-state index is 13.4. The number of H-pyrrole nitrogens is 1. The highest BCUT2D eigenvalue weighted by atomic mass is 19.3. The molecule has 0 aliphatic carbocycles. The minimum atomic E-state index is -3.71. The molecule has 27 heavy (non-hydrogen) atoms. The lowest BCUT2D eigenvalue weighted by molar-refractivity contribution is -0.286. The van der Waals surface area contributed by atoms with E-state index in [4.69, 9.17) is 0 Å². The predicted molar refractivity (Wildman–Crippen MR) is 95.8 cm³/mol. The SMILES string of the molecule is O=c1[nH]c2nccc(Nc3cccc4c3OC(F)(F)O4)c2c2ccccc12. The monoisotopic (exact) mass is 367 g/mol. The molecule has 0 atom stereocenters. The molecule has 0 unspecified atom stereocenters. The van der Waals surface area contributed by atoms with E-state index in [1.165, 1.54) is 12.3 Å². The smallest absolute Gasteiger partial charge is 0.395 e. The third-order valence-corrected chi connectivity index (χ3v) is 4.32. The molecule has 0 radical (unpaired) electrons. The number of aromatic nitrogens is 2. The molecule has 1 aliphatic heterocycles. The van der Waals surface area contributed by atoms with Gasteiger partial charge in [0.1, 0.15) is 5.65 Å². The number of hydrogen-bond acceptors (Lipinski definition) is 5. The molecule has 8 heteroatoms. The molecule has 0 bridgehead atoms. The summed E-state index contributed by atoms with van der Waals surface area (Å²) in [6, 6.07) is 13.4. The molecule has 2 aromatic carbocycles. The number of aromatic amines is 1. The van der Waals surface area contributed by atoms with Crippen molar-refractivity contribution in [2.75, 3.05) is 5.32 Å². The number of anilines is 2. The van der Waals surface area contributed by atoms with E-state index < -0.39 is 6.29 Å². The summed E-state index contributed by atoms with van der Waals surface area (Å²) in [5, 5.41) is 4.96. The molecule has 134 valence electrons. The molecule has 6 nitrogen and oxygen atoms in total. The van der Waals surface area contributed by atoms with E-state index in [2.05, 4.69) is 24.8 Å². The van der Waals surface area contributed by atoms with Crippen molar-refractivity contribution in [1.82, 2.24) is 9.97 Å². The van der Waals surface area contributed by atoms with Crippen molar-refractivity contribution >= 4 is 33.2 Å². The van der Waals surface area contributed by atoms with Gasteiger partial charge in [-0.15, -0.1) is 8.78 Å². The standard InChI is InChI=1S/C19H11F2N3O3/c20-19(21)26-14-7-3-6-13(16(14)27-19)23-12-8-9-22-17-15(12)10-4-1-2-5-11(10)18(25)24-17/h1-9H,(H2,22,23,24,25). The Hall–Kier alpha value is -3.68. The normalized spacial score (nSPS) is 14.6. The highest BCUT2D eigenvalue weighted by Gasteiger charge is 2.44. The molecule has 0 amide bonds. The fraction of sp³-hybridized carbons (Fsp3) is 0.0526. The lowest BCUT2D eigenvalue weighted by atomic mass is 10.1. The van der Waals surface area contributed by atoms with Crippen LogP contribution in [0, 0.1) is 0 Å². The van der Waals surface area contributed by atoms with Gasteiger partial charge in [0.15, 0.2) is 11.5 Å². The Balaban J connectivity index is 1.71. The molecule has 3 heterocycles. The maximum Gasteiger partial charge on any atom is 0.586 e. The van der Waals surface area contributed by atoms with E-state index in [1.54, 1.807) is 30.3 Å². The molecule has 0 spiro atoms. The predicted octanol–water partition coefficient (Wildman–Crippen LogP) is 4.14. The summed E-state index contributed by atoms with van der Waals surface area (Å²) >= 11 is 0. The van der Waals surface area contributed by atoms with Crippen molar-refractivity contribution < 1.29 is 18.3 Å². The van der Waals surface area contributed by atoms with Crippen molar-refractivity contribution in [1.29, 1.82) is 0 Å². The van der Waals surface area contributed by atoms with E-state index in [0.29, 0.717) is 33.2 Å². The van der Waals surface area contributed by atoms with Gasteiger partial charge in [-0.25, -0.2) is 4.98 Å². The molecule has 1 aliphatic rings. The summed E-state index contributed by atoms with van der Waals surface area (Å²) in [5.74, 6) is -0.136. The molecular formula is C19H11F2N3O3. The Morgan fingerprint density at radius 2 is 1.78 bits per heavy atom. The summed E-state index contributed by atoms with van der Waals surface area (Å²) in [7, 11) is 0. The van der Waals surface area contributed by atoms with Crippen LogP contribution in [0.15, 0.2) is 59.5 Å². The Morgan fingerprint density at radius 3 is 2.63 bits per heavy atom. The Kier molecular flexibility index (Phi) is 3.12. The molecular weight excluding hydrogens is 356 g/mol. The number of para-hydroxylation sites is 1. The average molecular weight is 367 g/mol. The molecule has 0 fully saturated rings. The van der Waals surface area contributed by atoms with Crippen LogP contribution in [0.25, 0.3) is 21.8 Å². The summed E-state index contributed by atoms with van der Waals surface area (Å²) in [5.41, 5.74) is 1.03. The van der Waals surface area contributed by atoms with Gasteiger partial charge < -0.3 is 19.8 Å². The Labute approximate surface area is 150 Å². The Bertz CT molecular complexity index is 1270. The lowest BCUT2D eigenvalue weighted by Gasteiger charge is -2.13. The Morgan fingerprint density at radius 1 is 0.963 bits per heavy atom. The second-order valence-corrected chi connectivity index (χ2v) is 6.01. The number of benzene rings is 2. The number of pyridine rings is 2. The average Bonchev–Trinajstić information content (AvgIpc) is 2.97. The first-order chi connectivity index (χ1) is 13.0. The highest BCUT2D eigenvalue weighted by molar-refractivity contribution is 6.11. The summed E-state index contributed by atoms with van der Waals surface area (Å²) in [6.45, 7) is 0. The van der Waals surface area contributed by atoms with Crippen LogP contribution >= 0.6 is 0 Å². The number of ether oxygens (including phenoxy) is 2. The van der Waals surface area contributed by atoms with Gasteiger partial charge in [-0.2, -0.15) is 0 Å². The van der Waals surface area contributed by atoms with Crippen molar-refractivity contribution in [3.63, 3.8) is 0 Å². The molecule has 4 aromatic rings. The first-order valence-electron chi connectivity index (χ1n) is 8.07. The summed E-state index contributed by atoms with van der Waals surface area (Å²) in [6.07, 6.45) is -2.19. The van der Waals surface area contributed by atoms with Crippen LogP contribution in [0.1, 0.15) is 0 Å². The van der Waals surface area contributed by atoms with E-state index in [9.17, 15) is 13.6 Å². The van der Waals surface area contributed by atoms with Gasteiger partial charge in [0.25, 0.3) is 5.56 Å². The largest absolute Gasteiger partial charge is 0.586 e. The number of fused-ring (bicyclic) bond motifs is 4. The number of rotatable bonds is 2. The van der Waals surface area contributed by atoms with Gasteiger partial charge >= 0.3 is 6.29 Å². The zero-order chi connectivity index (χ0) is 18.6. The molecule has 0 saturated carbocycles. The molecule has 2 aromatic heterocycles. The van der Waals surface area contributed by atoms with E-state index in [0.717, 1.165) is 0 Å². The first-order valence-corrected chi connectivity index (χ1v) is 8.07. The second kappa shape index (κ2) is 5.41. The zero-order valence-electron chi connectivity index (χ0n) is 13.6. The van der Waals surface area contributed by atoms with Crippen LogP contribution in [-0.2, 0) is 0 Å². The maximum absolute atomic E-state index is 13.4. The number of alkyl halides is 2. The van der Waals surface area contributed by atoms with Crippen molar-refractivity contribution in [2.24, 2.45) is 0 Å². The number of hydrogen-bond donors (Lipinski definition) is 2. The fourth-order valence-corrected chi connectivity index (χ4v) is 3.22. The van der Waals surface area contributed by atoms with E-state index >= 15 is 0 Å². The molecule has 5 rings (SSSR count). The number of nitrogens with zero attached hydrogens (tertiary/aromatic N) is 1. The van der Waals surface area contributed by atoms with E-state index in [-0.39, 0.29) is 17.1 Å². The number of halogens is 2. The highest BCUT2D eigenvalue weighted by Crippen LogP contribution is 2.47. The van der Waals surface area contributed by atoms with Crippen molar-refractivity contribution in [2.45, 2.75) is 6.29 Å². The van der Waals surface area contributed by atoms with Crippen LogP contribution in [0.2, 0.25) is 0 Å². The van der Waals surface area contributed by atoms with Crippen LogP contribution in [-0.4, -0.2) is 16.3 Å². The topological polar surface area (TPSA) is 76.2 Å². The van der Waals surface area contributed by atoms with Gasteiger partial charge in [-0.3, -0.25) is 4.79 Å². The quantitative estimate of drug-likeness (QED) is 0.521. The third kappa shape index (κ3) is 2.45. The molecule has 2 N–H and O–H groups in total. The van der Waals surface area contributed by atoms with E-state index in [1.807, 2.05) is 12.1 Å². The minimum Gasteiger partial charge on any atom is -0.395 e. The van der Waals surface area contributed by atoms with Gasteiger partial charge in [-0.1, -0.05) is 24.3 Å². The van der Waals surface area contributed by atoms with Gasteiger partial charge in [0.05, 0.1) is 11.4 Å². The van der Waals surface area contributed by atoms with Gasteiger partial charge in [0.2, 0.25) is 0 Å². The van der Waals surface area contributed by atoms with Crippen LogP contribution in [0.5, 0.6) is 11.5 Å². The van der Waals surface area contributed by atoms with Crippen LogP contribution < -0.4 is 20.3 Å². The molecule has 0 saturated heterocycles. The summed E-state index contributed by atoms with van der Waals surface area (Å²) < 4.78 is 36.0. The van der Waals surface area contributed by atoms with Gasteiger partial charge in [0, 0.05) is 22.4 Å². The zero-order valence-corrected chi connectivity index (χ0v) is 13.6. The third-order valence-electron chi connectivity index (χ3n) is 4.32. The van der Waals surface area contributed by atoms with Crippen LogP contribution in [0.3, 0.4) is 0 Å².